The first-order valence-corrected chi connectivity index (χ1v) is 4.38. The molecule has 0 fully saturated rings. The van der Waals surface area contributed by atoms with Crippen molar-refractivity contribution < 1.29 is 74.0 Å². The van der Waals surface area contributed by atoms with Crippen LogP contribution >= 0.6 is 0 Å². The molecule has 0 aliphatic heterocycles. The summed E-state index contributed by atoms with van der Waals surface area (Å²) in [6.45, 7) is -5.00. The van der Waals surface area contributed by atoms with Gasteiger partial charge in [0.25, 0.3) is 0 Å². The number of ether oxygens (including phenoxy) is 1. The predicted molar refractivity (Wildman–Crippen MR) is 52.4 cm³/mol. The molecule has 0 bridgehead atoms. The standard InChI is InChI=1S/C8H8BF3NO3.K/c1-6-2-3-7(13(14)15)8(4-6)16-5-9(10,11)12;/h2-4H,5H2,1H3;/q-1;+1. The Morgan fingerprint density at radius 3 is 2.47 bits per heavy atom. The Balaban J connectivity index is 0.00000256. The average Bonchev–Trinajstić information content (AvgIpc) is 2.13. The van der Waals surface area contributed by atoms with E-state index in [2.05, 4.69) is 4.74 Å². The number of halogens is 3. The van der Waals surface area contributed by atoms with Crippen molar-refractivity contribution in [2.45, 2.75) is 6.92 Å². The summed E-state index contributed by atoms with van der Waals surface area (Å²) < 4.78 is 40.2. The van der Waals surface area contributed by atoms with Gasteiger partial charge in [0.05, 0.1) is 11.4 Å². The number of nitro groups is 1. The third-order valence-electron chi connectivity index (χ3n) is 1.74. The summed E-state index contributed by atoms with van der Waals surface area (Å²) in [6.07, 6.45) is 0. The monoisotopic (exact) mass is 273 g/mol. The number of nitro benzene ring substituents is 1. The van der Waals surface area contributed by atoms with E-state index in [1.807, 2.05) is 0 Å². The van der Waals surface area contributed by atoms with Crippen molar-refractivity contribution in [2.24, 2.45) is 0 Å². The van der Waals surface area contributed by atoms with E-state index >= 15 is 0 Å². The Bertz CT molecular complexity index is 413. The number of hydrogen-bond acceptors (Lipinski definition) is 3. The Labute approximate surface area is 138 Å². The fourth-order valence-corrected chi connectivity index (χ4v) is 1.07. The van der Waals surface area contributed by atoms with Crippen molar-refractivity contribution in [3.63, 3.8) is 0 Å². The number of rotatable bonds is 4. The van der Waals surface area contributed by atoms with Gasteiger partial charge in [-0.2, -0.15) is 0 Å². The first-order valence-electron chi connectivity index (χ1n) is 4.38. The van der Waals surface area contributed by atoms with Crippen LogP contribution in [0.25, 0.3) is 0 Å². The van der Waals surface area contributed by atoms with Crippen LogP contribution in [0.3, 0.4) is 0 Å². The molecule has 4 nitrogen and oxygen atoms in total. The first kappa shape index (κ1) is 16.9. The minimum Gasteiger partial charge on any atom is -0.517 e. The van der Waals surface area contributed by atoms with Gasteiger partial charge in [-0.15, -0.1) is 0 Å². The Morgan fingerprint density at radius 1 is 1.41 bits per heavy atom. The Kier molecular flexibility index (Phi) is 6.70. The maximum Gasteiger partial charge on any atom is 1.00 e. The van der Waals surface area contributed by atoms with Crippen LogP contribution in [-0.2, 0) is 0 Å². The molecule has 9 heteroatoms. The van der Waals surface area contributed by atoms with Crippen LogP contribution in [0.4, 0.5) is 18.6 Å². The molecule has 0 radical (unpaired) electrons. The molecule has 88 valence electrons. The minimum absolute atomic E-state index is 0. The van der Waals surface area contributed by atoms with Crippen LogP contribution in [0.5, 0.6) is 5.75 Å². The van der Waals surface area contributed by atoms with Crippen molar-refractivity contribution in [2.75, 3.05) is 6.51 Å². The van der Waals surface area contributed by atoms with Gasteiger partial charge in [0.2, 0.25) is 0 Å². The maximum atomic E-state index is 11.9. The van der Waals surface area contributed by atoms with E-state index in [1.54, 1.807) is 6.92 Å². The fourth-order valence-electron chi connectivity index (χ4n) is 1.07. The summed E-state index contributed by atoms with van der Waals surface area (Å²) in [4.78, 5) is 9.73. The summed E-state index contributed by atoms with van der Waals surface area (Å²) in [5.41, 5.74) is 0.126. The van der Waals surface area contributed by atoms with Gasteiger partial charge < -0.3 is 17.7 Å². The average molecular weight is 273 g/mol. The van der Waals surface area contributed by atoms with Crippen LogP contribution in [0.1, 0.15) is 5.56 Å². The van der Waals surface area contributed by atoms with Gasteiger partial charge >= 0.3 is 64.0 Å². The first-order chi connectivity index (χ1) is 7.29. The van der Waals surface area contributed by atoms with E-state index in [0.717, 1.165) is 6.07 Å². The van der Waals surface area contributed by atoms with Crippen molar-refractivity contribution in [1.29, 1.82) is 0 Å². The van der Waals surface area contributed by atoms with Gasteiger partial charge in [-0.25, -0.2) is 0 Å². The molecule has 0 aliphatic rings. The molecule has 1 aromatic rings. The Hall–Kier alpha value is -0.0887. The van der Waals surface area contributed by atoms with Gasteiger partial charge in [0, 0.05) is 6.07 Å². The normalized spacial score (nSPS) is 10.6. The molecule has 0 unspecified atom stereocenters. The molecule has 0 saturated carbocycles. The molecular formula is C8H8BF3KNO3. The smallest absolute Gasteiger partial charge is 0.517 e. The second-order valence-electron chi connectivity index (χ2n) is 3.25. The zero-order valence-electron chi connectivity index (χ0n) is 9.32. The zero-order valence-corrected chi connectivity index (χ0v) is 12.4. The second-order valence-corrected chi connectivity index (χ2v) is 3.25. The van der Waals surface area contributed by atoms with Crippen LogP contribution in [-0.4, -0.2) is 18.4 Å². The predicted octanol–water partition coefficient (Wildman–Crippen LogP) is -0.327. The second kappa shape index (κ2) is 6.74. The quantitative estimate of drug-likeness (QED) is 0.429. The van der Waals surface area contributed by atoms with Gasteiger partial charge in [-0.3, -0.25) is 10.1 Å². The van der Waals surface area contributed by atoms with Gasteiger partial charge in [-0.1, -0.05) is 6.07 Å². The molecule has 0 atom stereocenters. The van der Waals surface area contributed by atoms with E-state index < -0.39 is 24.1 Å². The number of nitrogens with zero attached hydrogens (tertiary/aromatic N) is 1. The molecule has 0 spiro atoms. The van der Waals surface area contributed by atoms with Crippen molar-refractivity contribution in [1.82, 2.24) is 0 Å². The van der Waals surface area contributed by atoms with Gasteiger partial charge in [0.15, 0.2) is 5.75 Å². The summed E-state index contributed by atoms with van der Waals surface area (Å²) in [7, 11) is 0. The van der Waals surface area contributed by atoms with E-state index in [4.69, 9.17) is 0 Å². The summed E-state index contributed by atoms with van der Waals surface area (Å²) in [5.74, 6) is -0.357. The van der Waals surface area contributed by atoms with E-state index in [1.165, 1.54) is 12.1 Å². The van der Waals surface area contributed by atoms with E-state index in [-0.39, 0.29) is 57.1 Å². The van der Waals surface area contributed by atoms with Crippen LogP contribution in [0, 0.1) is 17.0 Å². The molecule has 0 N–H and O–H groups in total. The van der Waals surface area contributed by atoms with Crippen molar-refractivity contribution >= 4 is 12.7 Å². The molecule has 0 saturated heterocycles. The van der Waals surface area contributed by atoms with E-state index in [0.29, 0.717) is 5.56 Å². The van der Waals surface area contributed by atoms with Crippen molar-refractivity contribution in [3.8, 4) is 5.75 Å². The molecule has 0 aliphatic carbocycles. The van der Waals surface area contributed by atoms with Crippen LogP contribution < -0.4 is 56.1 Å². The topological polar surface area (TPSA) is 52.4 Å². The van der Waals surface area contributed by atoms with Gasteiger partial charge in [0.1, 0.15) is 0 Å². The Morgan fingerprint density at radius 2 is 2.00 bits per heavy atom. The van der Waals surface area contributed by atoms with Crippen LogP contribution in [0.2, 0.25) is 0 Å². The third-order valence-corrected chi connectivity index (χ3v) is 1.74. The largest absolute Gasteiger partial charge is 1.00 e. The van der Waals surface area contributed by atoms with Gasteiger partial charge in [-0.05, 0) is 18.6 Å². The fraction of sp³-hybridized carbons (Fsp3) is 0.250. The maximum absolute atomic E-state index is 11.9. The van der Waals surface area contributed by atoms with Crippen LogP contribution in [0.15, 0.2) is 18.2 Å². The summed E-state index contributed by atoms with van der Waals surface area (Å²) >= 11 is 0. The third kappa shape index (κ3) is 5.87. The summed E-state index contributed by atoms with van der Waals surface area (Å²) in [6, 6.07) is 3.76. The number of hydrogen-bond donors (Lipinski definition) is 0. The SMILES string of the molecule is Cc1ccc([N+](=O)[O-])c(OC[B-](F)(F)F)c1.[K+]. The van der Waals surface area contributed by atoms with Crippen molar-refractivity contribution in [3.05, 3.63) is 33.9 Å². The minimum atomic E-state index is -5.12. The molecular weight excluding hydrogens is 265 g/mol. The molecule has 0 amide bonds. The molecule has 1 aromatic carbocycles. The zero-order chi connectivity index (χ0) is 12.3. The molecule has 0 aromatic heterocycles. The molecule has 17 heavy (non-hydrogen) atoms. The van der Waals surface area contributed by atoms with E-state index in [9.17, 15) is 23.1 Å². The number of benzene rings is 1. The number of aryl methyl sites for hydroxylation is 1. The molecule has 0 heterocycles. The molecule has 1 rings (SSSR count). The summed E-state index contributed by atoms with van der Waals surface area (Å²) in [5, 5.41) is 10.5.